The van der Waals surface area contributed by atoms with Crippen LogP contribution in [0, 0.1) is 12.7 Å². The van der Waals surface area contributed by atoms with Gasteiger partial charge in [-0.1, -0.05) is 6.07 Å². The SMILES string of the molecule is CCN(CC)C(=O)c1ccc(F)cc1-c1ncccc1C. The molecule has 110 valence electrons. The van der Waals surface area contributed by atoms with Crippen molar-refractivity contribution in [3.8, 4) is 11.3 Å². The van der Waals surface area contributed by atoms with Crippen molar-refractivity contribution < 1.29 is 9.18 Å². The second-order valence-electron chi connectivity index (χ2n) is 4.84. The highest BCUT2D eigenvalue weighted by Crippen LogP contribution is 2.26. The molecule has 0 unspecified atom stereocenters. The molecule has 0 spiro atoms. The lowest BCUT2D eigenvalue weighted by Crippen LogP contribution is -2.31. The van der Waals surface area contributed by atoms with Crippen molar-refractivity contribution >= 4 is 5.91 Å². The molecule has 0 saturated carbocycles. The molecule has 0 atom stereocenters. The molecule has 0 bridgehead atoms. The Morgan fingerprint density at radius 3 is 2.57 bits per heavy atom. The average Bonchev–Trinajstić information content (AvgIpc) is 2.48. The van der Waals surface area contributed by atoms with Gasteiger partial charge in [0.05, 0.1) is 5.69 Å². The van der Waals surface area contributed by atoms with Gasteiger partial charge in [0.1, 0.15) is 5.82 Å². The smallest absolute Gasteiger partial charge is 0.254 e. The first-order valence-corrected chi connectivity index (χ1v) is 7.09. The molecule has 2 rings (SSSR count). The minimum Gasteiger partial charge on any atom is -0.339 e. The fourth-order valence-electron chi connectivity index (χ4n) is 2.35. The van der Waals surface area contributed by atoms with E-state index in [0.717, 1.165) is 5.56 Å². The summed E-state index contributed by atoms with van der Waals surface area (Å²) in [7, 11) is 0. The molecule has 0 saturated heterocycles. The van der Waals surface area contributed by atoms with Crippen molar-refractivity contribution in [2.75, 3.05) is 13.1 Å². The standard InChI is InChI=1S/C17H19FN2O/c1-4-20(5-2)17(21)14-9-8-13(18)11-15(14)16-12(3)7-6-10-19-16/h6-11H,4-5H2,1-3H3. The van der Waals surface area contributed by atoms with Crippen LogP contribution in [0.2, 0.25) is 0 Å². The maximum absolute atomic E-state index is 13.6. The van der Waals surface area contributed by atoms with Crippen LogP contribution in [0.5, 0.6) is 0 Å². The minimum atomic E-state index is -0.369. The highest BCUT2D eigenvalue weighted by atomic mass is 19.1. The molecule has 0 aliphatic heterocycles. The Labute approximate surface area is 124 Å². The first-order chi connectivity index (χ1) is 10.1. The summed E-state index contributed by atoms with van der Waals surface area (Å²) in [6.45, 7) is 6.99. The third kappa shape index (κ3) is 3.10. The average molecular weight is 286 g/mol. The maximum atomic E-state index is 13.6. The van der Waals surface area contributed by atoms with E-state index in [0.29, 0.717) is 29.9 Å². The molecule has 0 aliphatic rings. The predicted molar refractivity (Wildman–Crippen MR) is 81.6 cm³/mol. The number of rotatable bonds is 4. The molecule has 21 heavy (non-hydrogen) atoms. The van der Waals surface area contributed by atoms with Crippen LogP contribution in [0.25, 0.3) is 11.3 Å². The Morgan fingerprint density at radius 1 is 1.24 bits per heavy atom. The second kappa shape index (κ2) is 6.48. The summed E-state index contributed by atoms with van der Waals surface area (Å²) >= 11 is 0. The predicted octanol–water partition coefficient (Wildman–Crippen LogP) is 3.68. The Hall–Kier alpha value is -2.23. The fourth-order valence-corrected chi connectivity index (χ4v) is 2.35. The monoisotopic (exact) mass is 286 g/mol. The fraction of sp³-hybridized carbons (Fsp3) is 0.294. The van der Waals surface area contributed by atoms with E-state index in [2.05, 4.69) is 4.98 Å². The van der Waals surface area contributed by atoms with E-state index in [1.54, 1.807) is 17.2 Å². The van der Waals surface area contributed by atoms with E-state index in [1.165, 1.54) is 12.1 Å². The number of halogens is 1. The lowest BCUT2D eigenvalue weighted by atomic mass is 9.99. The molecular formula is C17H19FN2O. The van der Waals surface area contributed by atoms with E-state index in [1.807, 2.05) is 32.9 Å². The summed E-state index contributed by atoms with van der Waals surface area (Å²) in [4.78, 5) is 18.6. The lowest BCUT2D eigenvalue weighted by molar-refractivity contribution is 0.0773. The number of pyridine rings is 1. The van der Waals surface area contributed by atoms with E-state index in [9.17, 15) is 9.18 Å². The number of aromatic nitrogens is 1. The van der Waals surface area contributed by atoms with Gasteiger partial charge < -0.3 is 4.90 Å². The molecule has 0 N–H and O–H groups in total. The number of hydrogen-bond donors (Lipinski definition) is 0. The van der Waals surface area contributed by atoms with Gasteiger partial charge in [-0.05, 0) is 50.6 Å². The Balaban J connectivity index is 2.58. The number of hydrogen-bond acceptors (Lipinski definition) is 2. The zero-order chi connectivity index (χ0) is 15.4. The highest BCUT2D eigenvalue weighted by molar-refractivity contribution is 6.00. The molecule has 4 heteroatoms. The molecule has 0 radical (unpaired) electrons. The summed E-state index contributed by atoms with van der Waals surface area (Å²) in [6.07, 6.45) is 1.65. The van der Waals surface area contributed by atoms with Crippen LogP contribution in [0.4, 0.5) is 4.39 Å². The summed E-state index contributed by atoms with van der Waals surface area (Å²) in [5, 5.41) is 0. The van der Waals surface area contributed by atoms with Gasteiger partial charge in [-0.2, -0.15) is 0 Å². The van der Waals surface area contributed by atoms with Crippen LogP contribution in [-0.2, 0) is 0 Å². The topological polar surface area (TPSA) is 33.2 Å². The number of aryl methyl sites for hydroxylation is 1. The van der Waals surface area contributed by atoms with Gasteiger partial charge in [-0.25, -0.2) is 4.39 Å². The summed E-state index contributed by atoms with van der Waals surface area (Å²) < 4.78 is 13.6. The van der Waals surface area contributed by atoms with Gasteiger partial charge in [0.15, 0.2) is 0 Å². The van der Waals surface area contributed by atoms with Gasteiger partial charge in [0.2, 0.25) is 0 Å². The van der Waals surface area contributed by atoms with Crippen molar-refractivity contribution in [2.45, 2.75) is 20.8 Å². The quantitative estimate of drug-likeness (QED) is 0.859. The number of carbonyl (C=O) groups is 1. The van der Waals surface area contributed by atoms with Gasteiger partial charge in [0.25, 0.3) is 5.91 Å². The largest absolute Gasteiger partial charge is 0.339 e. The van der Waals surface area contributed by atoms with Crippen LogP contribution in [-0.4, -0.2) is 28.9 Å². The molecule has 1 aromatic carbocycles. The third-order valence-electron chi connectivity index (χ3n) is 3.53. The normalized spacial score (nSPS) is 10.5. The van der Waals surface area contributed by atoms with Crippen molar-refractivity contribution in [1.82, 2.24) is 9.88 Å². The molecule has 0 fully saturated rings. The van der Waals surface area contributed by atoms with Crippen molar-refractivity contribution in [3.05, 3.63) is 53.5 Å². The van der Waals surface area contributed by atoms with Gasteiger partial charge >= 0.3 is 0 Å². The number of benzene rings is 1. The van der Waals surface area contributed by atoms with Crippen LogP contribution in [0.3, 0.4) is 0 Å². The number of nitrogens with zero attached hydrogens (tertiary/aromatic N) is 2. The molecule has 1 aromatic heterocycles. The van der Waals surface area contributed by atoms with Gasteiger partial charge in [0, 0.05) is 30.4 Å². The first kappa shape index (κ1) is 15.2. The van der Waals surface area contributed by atoms with Crippen LogP contribution in [0.15, 0.2) is 36.5 Å². The van der Waals surface area contributed by atoms with Crippen LogP contribution < -0.4 is 0 Å². The van der Waals surface area contributed by atoms with Crippen molar-refractivity contribution in [2.24, 2.45) is 0 Å². The van der Waals surface area contributed by atoms with Crippen molar-refractivity contribution in [3.63, 3.8) is 0 Å². The number of amides is 1. The number of carbonyl (C=O) groups excluding carboxylic acids is 1. The summed E-state index contributed by atoms with van der Waals surface area (Å²) in [5.41, 5.74) is 2.59. The van der Waals surface area contributed by atoms with Crippen LogP contribution >= 0.6 is 0 Å². The molecule has 0 aliphatic carbocycles. The second-order valence-corrected chi connectivity index (χ2v) is 4.84. The zero-order valence-electron chi connectivity index (χ0n) is 12.6. The van der Waals surface area contributed by atoms with Crippen LogP contribution in [0.1, 0.15) is 29.8 Å². The molecular weight excluding hydrogens is 267 g/mol. The third-order valence-corrected chi connectivity index (χ3v) is 3.53. The van der Waals surface area contributed by atoms with E-state index in [4.69, 9.17) is 0 Å². The molecule has 1 amide bonds. The first-order valence-electron chi connectivity index (χ1n) is 7.09. The Morgan fingerprint density at radius 2 is 1.95 bits per heavy atom. The molecule has 1 heterocycles. The van der Waals surface area contributed by atoms with E-state index < -0.39 is 0 Å². The zero-order valence-corrected chi connectivity index (χ0v) is 12.6. The van der Waals surface area contributed by atoms with Crippen molar-refractivity contribution in [1.29, 1.82) is 0 Å². The Bertz CT molecular complexity index is 651. The minimum absolute atomic E-state index is 0.0972. The van der Waals surface area contributed by atoms with E-state index in [-0.39, 0.29) is 11.7 Å². The maximum Gasteiger partial charge on any atom is 0.254 e. The lowest BCUT2D eigenvalue weighted by Gasteiger charge is -2.20. The molecule has 2 aromatic rings. The Kier molecular flexibility index (Phi) is 4.68. The summed E-state index contributed by atoms with van der Waals surface area (Å²) in [6, 6.07) is 7.97. The highest BCUT2D eigenvalue weighted by Gasteiger charge is 2.19. The summed E-state index contributed by atoms with van der Waals surface area (Å²) in [5.74, 6) is -0.466. The molecule has 3 nitrogen and oxygen atoms in total. The van der Waals surface area contributed by atoms with E-state index >= 15 is 0 Å². The van der Waals surface area contributed by atoms with Gasteiger partial charge in [-0.3, -0.25) is 9.78 Å². The van der Waals surface area contributed by atoms with Gasteiger partial charge in [-0.15, -0.1) is 0 Å².